The molecule has 0 aromatic rings. The fourth-order valence-electron chi connectivity index (χ4n) is 2.81. The van der Waals surface area contributed by atoms with Gasteiger partial charge in [0.1, 0.15) is 0 Å². The molecule has 0 aromatic heterocycles. The van der Waals surface area contributed by atoms with Gasteiger partial charge in [0.2, 0.25) is 0 Å². The van der Waals surface area contributed by atoms with E-state index in [2.05, 4.69) is 6.92 Å². The zero-order chi connectivity index (χ0) is 9.74. The lowest BCUT2D eigenvalue weighted by Crippen LogP contribution is -2.59. The molecule has 2 nitrogen and oxygen atoms in total. The maximum atomic E-state index is 10.6. The third kappa shape index (κ3) is 1.02. The molecule has 2 aliphatic carbocycles. The van der Waals surface area contributed by atoms with Crippen LogP contribution in [0.3, 0.4) is 0 Å². The van der Waals surface area contributed by atoms with Crippen LogP contribution in [-0.4, -0.2) is 17.3 Å². The van der Waals surface area contributed by atoms with Crippen molar-refractivity contribution in [3.05, 3.63) is 0 Å². The number of hydrogen-bond acceptors (Lipinski definition) is 2. The van der Waals surface area contributed by atoms with Gasteiger partial charge in [-0.1, -0.05) is 13.3 Å². The van der Waals surface area contributed by atoms with Gasteiger partial charge < -0.3 is 10.8 Å². The summed E-state index contributed by atoms with van der Waals surface area (Å²) < 4.78 is 0. The standard InChI is InChI=1S/C11H21NO/c1-9(6-7-9)10(2,13)11(8-12)4-3-5-11/h13H,3-8,12H2,1-2H3. The molecule has 0 aliphatic heterocycles. The normalized spacial score (nSPS) is 33.2. The van der Waals surface area contributed by atoms with E-state index in [9.17, 15) is 5.11 Å². The second-order valence-corrected chi connectivity index (χ2v) is 5.47. The molecule has 0 bridgehead atoms. The first kappa shape index (κ1) is 9.47. The fourth-order valence-corrected chi connectivity index (χ4v) is 2.81. The first-order valence-electron chi connectivity index (χ1n) is 5.40. The molecule has 2 fully saturated rings. The summed E-state index contributed by atoms with van der Waals surface area (Å²) in [4.78, 5) is 0. The minimum atomic E-state index is -0.535. The number of rotatable bonds is 3. The molecule has 1 atom stereocenters. The van der Waals surface area contributed by atoms with Gasteiger partial charge in [-0.3, -0.25) is 0 Å². The first-order valence-corrected chi connectivity index (χ1v) is 5.40. The van der Waals surface area contributed by atoms with E-state index in [1.54, 1.807) is 0 Å². The zero-order valence-electron chi connectivity index (χ0n) is 8.77. The average Bonchev–Trinajstić information content (AvgIpc) is 2.67. The highest BCUT2D eigenvalue weighted by molar-refractivity contribution is 5.14. The molecule has 2 aliphatic rings. The summed E-state index contributed by atoms with van der Waals surface area (Å²) in [6.07, 6.45) is 5.81. The van der Waals surface area contributed by atoms with Crippen LogP contribution in [0.2, 0.25) is 0 Å². The minimum Gasteiger partial charge on any atom is -0.389 e. The smallest absolute Gasteiger partial charge is 0.0740 e. The van der Waals surface area contributed by atoms with E-state index in [0.29, 0.717) is 6.54 Å². The van der Waals surface area contributed by atoms with Crippen LogP contribution in [0.4, 0.5) is 0 Å². The topological polar surface area (TPSA) is 46.2 Å². The molecule has 2 saturated carbocycles. The third-order valence-electron chi connectivity index (χ3n) is 4.91. The van der Waals surface area contributed by atoms with Crippen molar-refractivity contribution in [3.63, 3.8) is 0 Å². The Bertz CT molecular complexity index is 209. The first-order chi connectivity index (χ1) is 5.97. The average molecular weight is 183 g/mol. The van der Waals surface area contributed by atoms with Gasteiger partial charge in [-0.2, -0.15) is 0 Å². The van der Waals surface area contributed by atoms with Crippen LogP contribution >= 0.6 is 0 Å². The van der Waals surface area contributed by atoms with E-state index in [1.807, 2.05) is 6.92 Å². The molecular weight excluding hydrogens is 162 g/mol. The van der Waals surface area contributed by atoms with Crippen LogP contribution in [0.5, 0.6) is 0 Å². The van der Waals surface area contributed by atoms with Gasteiger partial charge >= 0.3 is 0 Å². The van der Waals surface area contributed by atoms with Crippen molar-refractivity contribution in [1.29, 1.82) is 0 Å². The Labute approximate surface area is 80.5 Å². The van der Waals surface area contributed by atoms with Crippen LogP contribution in [0.15, 0.2) is 0 Å². The number of nitrogens with two attached hydrogens (primary N) is 1. The lowest BCUT2D eigenvalue weighted by atomic mass is 9.55. The summed E-state index contributed by atoms with van der Waals surface area (Å²) in [5, 5.41) is 10.6. The van der Waals surface area contributed by atoms with Crippen molar-refractivity contribution in [2.24, 2.45) is 16.6 Å². The maximum Gasteiger partial charge on any atom is 0.0740 e. The largest absolute Gasteiger partial charge is 0.389 e. The van der Waals surface area contributed by atoms with Crippen LogP contribution in [0.25, 0.3) is 0 Å². The summed E-state index contributed by atoms with van der Waals surface area (Å²) in [7, 11) is 0. The van der Waals surface area contributed by atoms with Crippen molar-refractivity contribution in [3.8, 4) is 0 Å². The van der Waals surface area contributed by atoms with E-state index in [1.165, 1.54) is 19.3 Å². The van der Waals surface area contributed by atoms with Crippen LogP contribution in [0, 0.1) is 10.8 Å². The molecule has 13 heavy (non-hydrogen) atoms. The summed E-state index contributed by atoms with van der Waals surface area (Å²) in [6, 6.07) is 0. The van der Waals surface area contributed by atoms with Crippen molar-refractivity contribution >= 4 is 0 Å². The van der Waals surface area contributed by atoms with Gasteiger partial charge in [-0.25, -0.2) is 0 Å². The molecule has 0 saturated heterocycles. The maximum absolute atomic E-state index is 10.6. The molecule has 0 amide bonds. The van der Waals surface area contributed by atoms with Gasteiger partial charge in [-0.15, -0.1) is 0 Å². The Balaban J connectivity index is 2.21. The van der Waals surface area contributed by atoms with E-state index in [-0.39, 0.29) is 10.8 Å². The van der Waals surface area contributed by atoms with E-state index < -0.39 is 5.60 Å². The highest BCUT2D eigenvalue weighted by Gasteiger charge is 2.63. The van der Waals surface area contributed by atoms with Gasteiger partial charge in [-0.05, 0) is 38.0 Å². The molecule has 2 heteroatoms. The molecule has 1 unspecified atom stereocenters. The second kappa shape index (κ2) is 2.48. The van der Waals surface area contributed by atoms with Crippen molar-refractivity contribution < 1.29 is 5.11 Å². The predicted octanol–water partition coefficient (Wildman–Crippen LogP) is 1.67. The fraction of sp³-hybridized carbons (Fsp3) is 1.00. The quantitative estimate of drug-likeness (QED) is 0.699. The van der Waals surface area contributed by atoms with E-state index in [0.717, 1.165) is 12.8 Å². The summed E-state index contributed by atoms with van der Waals surface area (Å²) in [6.45, 7) is 4.85. The number of hydrogen-bond donors (Lipinski definition) is 2. The van der Waals surface area contributed by atoms with E-state index >= 15 is 0 Å². The third-order valence-corrected chi connectivity index (χ3v) is 4.91. The predicted molar refractivity (Wildman–Crippen MR) is 53.3 cm³/mol. The lowest BCUT2D eigenvalue weighted by molar-refractivity contribution is -0.152. The molecule has 2 rings (SSSR count). The second-order valence-electron chi connectivity index (χ2n) is 5.47. The van der Waals surface area contributed by atoms with Crippen molar-refractivity contribution in [1.82, 2.24) is 0 Å². The van der Waals surface area contributed by atoms with Gasteiger partial charge in [0.05, 0.1) is 5.60 Å². The highest BCUT2D eigenvalue weighted by atomic mass is 16.3. The molecular formula is C11H21NO. The number of aliphatic hydroxyl groups is 1. The summed E-state index contributed by atoms with van der Waals surface area (Å²) in [5.41, 5.74) is 5.48. The van der Waals surface area contributed by atoms with Crippen LogP contribution in [0.1, 0.15) is 46.0 Å². The van der Waals surface area contributed by atoms with Gasteiger partial charge in [0.25, 0.3) is 0 Å². The lowest BCUT2D eigenvalue weighted by Gasteiger charge is -2.54. The van der Waals surface area contributed by atoms with Crippen LogP contribution < -0.4 is 5.73 Å². The molecule has 0 spiro atoms. The Morgan fingerprint density at radius 1 is 1.31 bits per heavy atom. The van der Waals surface area contributed by atoms with Crippen molar-refractivity contribution in [2.45, 2.75) is 51.6 Å². The Hall–Kier alpha value is -0.0800. The highest BCUT2D eigenvalue weighted by Crippen LogP contribution is 2.64. The molecule has 76 valence electrons. The minimum absolute atomic E-state index is 0.0399. The van der Waals surface area contributed by atoms with Gasteiger partial charge in [0.15, 0.2) is 0 Å². The summed E-state index contributed by atoms with van der Waals surface area (Å²) in [5.74, 6) is 0. The van der Waals surface area contributed by atoms with Gasteiger partial charge in [0, 0.05) is 12.0 Å². The monoisotopic (exact) mass is 183 g/mol. The van der Waals surface area contributed by atoms with Crippen molar-refractivity contribution in [2.75, 3.05) is 6.54 Å². The molecule has 0 aromatic carbocycles. The Morgan fingerprint density at radius 2 is 1.85 bits per heavy atom. The van der Waals surface area contributed by atoms with E-state index in [4.69, 9.17) is 5.73 Å². The van der Waals surface area contributed by atoms with Crippen LogP contribution in [-0.2, 0) is 0 Å². The Morgan fingerprint density at radius 3 is 2.08 bits per heavy atom. The summed E-state index contributed by atoms with van der Waals surface area (Å²) >= 11 is 0. The molecule has 3 N–H and O–H groups in total. The SMILES string of the molecule is CC1(C(C)(O)C2(CN)CCC2)CC1. The Kier molecular flexibility index (Phi) is 1.81. The molecule has 0 heterocycles. The zero-order valence-corrected chi connectivity index (χ0v) is 8.77. The molecule has 0 radical (unpaired) electrons.